The van der Waals surface area contributed by atoms with Gasteiger partial charge in [-0.05, 0) is 50.9 Å². The molecule has 0 saturated heterocycles. The third-order valence-electron chi connectivity index (χ3n) is 5.94. The fourth-order valence-corrected chi connectivity index (χ4v) is 4.33. The Hall–Kier alpha value is -1.88. The van der Waals surface area contributed by atoms with E-state index in [0.29, 0.717) is 23.8 Å². The van der Waals surface area contributed by atoms with Gasteiger partial charge in [-0.1, -0.05) is 44.6 Å². The molecule has 0 heterocycles. The Balaban J connectivity index is 1.51. The quantitative estimate of drug-likeness (QED) is 0.796. The zero-order chi connectivity index (χ0) is 19.1. The van der Waals surface area contributed by atoms with Gasteiger partial charge in [0.25, 0.3) is 5.91 Å². The summed E-state index contributed by atoms with van der Waals surface area (Å²) in [6, 6.07) is 8.05. The molecule has 0 bridgehead atoms. The minimum atomic E-state index is -0.0441. The monoisotopic (exact) mass is 371 g/mol. The normalized spacial score (nSPS) is 19.0. The van der Waals surface area contributed by atoms with Gasteiger partial charge in [-0.3, -0.25) is 14.5 Å². The van der Waals surface area contributed by atoms with Crippen LogP contribution in [0.15, 0.2) is 24.3 Å². The van der Waals surface area contributed by atoms with Gasteiger partial charge >= 0.3 is 0 Å². The van der Waals surface area contributed by atoms with Gasteiger partial charge in [0, 0.05) is 23.3 Å². The van der Waals surface area contributed by atoms with Crippen LogP contribution in [0.4, 0.5) is 5.69 Å². The summed E-state index contributed by atoms with van der Waals surface area (Å²) in [4.78, 5) is 27.1. The first-order valence-corrected chi connectivity index (χ1v) is 10.5. The molecule has 2 N–H and O–H groups in total. The van der Waals surface area contributed by atoms with Crippen molar-refractivity contribution in [3.05, 3.63) is 29.8 Å². The van der Waals surface area contributed by atoms with Crippen molar-refractivity contribution in [2.45, 2.75) is 76.3 Å². The first-order valence-electron chi connectivity index (χ1n) is 10.5. The Morgan fingerprint density at radius 2 is 1.67 bits per heavy atom. The van der Waals surface area contributed by atoms with Gasteiger partial charge in [0.2, 0.25) is 5.91 Å². The molecule has 0 atom stereocenters. The number of hydrogen-bond acceptors (Lipinski definition) is 3. The molecule has 1 aromatic carbocycles. The molecule has 2 aliphatic carbocycles. The van der Waals surface area contributed by atoms with Gasteiger partial charge < -0.3 is 10.6 Å². The maximum Gasteiger partial charge on any atom is 0.251 e. The summed E-state index contributed by atoms with van der Waals surface area (Å²) < 4.78 is 0. The van der Waals surface area contributed by atoms with E-state index in [1.54, 1.807) is 6.07 Å². The highest BCUT2D eigenvalue weighted by Crippen LogP contribution is 2.22. The number of nitrogens with zero attached hydrogens (tertiary/aromatic N) is 1. The summed E-state index contributed by atoms with van der Waals surface area (Å²) in [5, 5.41) is 6.08. The molecule has 0 unspecified atom stereocenters. The number of rotatable bonds is 6. The number of carbonyl (C=O) groups excluding carboxylic acids is 2. The van der Waals surface area contributed by atoms with Gasteiger partial charge in [-0.25, -0.2) is 0 Å². The Bertz CT molecular complexity index is 634. The van der Waals surface area contributed by atoms with Crippen molar-refractivity contribution in [1.29, 1.82) is 0 Å². The van der Waals surface area contributed by atoms with Crippen LogP contribution in [0.2, 0.25) is 0 Å². The highest BCUT2D eigenvalue weighted by atomic mass is 16.2. The Kier molecular flexibility index (Phi) is 7.27. The molecule has 1 aromatic rings. The molecule has 2 fully saturated rings. The third-order valence-corrected chi connectivity index (χ3v) is 5.94. The van der Waals surface area contributed by atoms with Crippen molar-refractivity contribution in [3.63, 3.8) is 0 Å². The first kappa shape index (κ1) is 19.9. The summed E-state index contributed by atoms with van der Waals surface area (Å²) in [7, 11) is 2.03. The van der Waals surface area contributed by atoms with E-state index in [2.05, 4.69) is 15.5 Å². The molecule has 0 aromatic heterocycles. The zero-order valence-corrected chi connectivity index (χ0v) is 16.5. The first-order chi connectivity index (χ1) is 13.1. The van der Waals surface area contributed by atoms with Crippen LogP contribution in [0.5, 0.6) is 0 Å². The summed E-state index contributed by atoms with van der Waals surface area (Å²) >= 11 is 0. The van der Waals surface area contributed by atoms with Crippen molar-refractivity contribution < 1.29 is 9.59 Å². The molecule has 0 spiro atoms. The largest absolute Gasteiger partial charge is 0.349 e. The smallest absolute Gasteiger partial charge is 0.251 e. The van der Waals surface area contributed by atoms with E-state index in [-0.39, 0.29) is 17.9 Å². The number of amides is 2. The van der Waals surface area contributed by atoms with Crippen molar-refractivity contribution in [2.75, 3.05) is 18.9 Å². The maximum atomic E-state index is 12.5. The van der Waals surface area contributed by atoms with Crippen LogP contribution in [0.25, 0.3) is 0 Å². The van der Waals surface area contributed by atoms with E-state index in [0.717, 1.165) is 12.8 Å². The molecule has 5 heteroatoms. The summed E-state index contributed by atoms with van der Waals surface area (Å²) in [5.74, 6) is -0.0646. The number of nitrogens with one attached hydrogen (secondary N) is 2. The highest BCUT2D eigenvalue weighted by molar-refractivity contribution is 5.97. The lowest BCUT2D eigenvalue weighted by molar-refractivity contribution is -0.117. The minimum Gasteiger partial charge on any atom is -0.349 e. The third kappa shape index (κ3) is 6.06. The fourth-order valence-electron chi connectivity index (χ4n) is 4.33. The number of anilines is 1. The van der Waals surface area contributed by atoms with Gasteiger partial charge in [0.15, 0.2) is 0 Å². The Labute approximate surface area is 162 Å². The molecule has 2 amide bonds. The standard InChI is InChI=1S/C22H33N3O2/c1-25(20-13-6-3-7-14-20)16-21(26)23-19-12-8-9-17(15-19)22(27)24-18-10-4-2-5-11-18/h8-9,12,15,18,20H,2-7,10-11,13-14,16H2,1H3,(H,23,26)(H,24,27). The molecular weight excluding hydrogens is 338 g/mol. The van der Waals surface area contributed by atoms with Crippen LogP contribution in [0.1, 0.15) is 74.6 Å². The van der Waals surface area contributed by atoms with Crippen LogP contribution in [0.3, 0.4) is 0 Å². The van der Waals surface area contributed by atoms with Crippen LogP contribution in [-0.4, -0.2) is 42.4 Å². The zero-order valence-electron chi connectivity index (χ0n) is 16.5. The van der Waals surface area contributed by atoms with Crippen molar-refractivity contribution in [3.8, 4) is 0 Å². The second kappa shape index (κ2) is 9.88. The average molecular weight is 372 g/mol. The molecule has 5 nitrogen and oxygen atoms in total. The Morgan fingerprint density at radius 1 is 1.00 bits per heavy atom. The number of hydrogen-bond donors (Lipinski definition) is 2. The molecule has 0 radical (unpaired) electrons. The number of benzene rings is 1. The minimum absolute atomic E-state index is 0.0205. The number of carbonyl (C=O) groups is 2. The molecule has 0 aliphatic heterocycles. The number of likely N-dealkylation sites (N-methyl/N-ethyl adjacent to an activating group) is 1. The van der Waals surface area contributed by atoms with Gasteiger partial charge in [0.05, 0.1) is 6.54 Å². The van der Waals surface area contributed by atoms with Crippen LogP contribution in [-0.2, 0) is 4.79 Å². The van der Waals surface area contributed by atoms with E-state index < -0.39 is 0 Å². The lowest BCUT2D eigenvalue weighted by atomic mass is 9.94. The van der Waals surface area contributed by atoms with Crippen LogP contribution in [0, 0.1) is 0 Å². The lowest BCUT2D eigenvalue weighted by Gasteiger charge is -2.30. The predicted molar refractivity (Wildman–Crippen MR) is 109 cm³/mol. The molecule has 3 rings (SSSR count). The molecular formula is C22H33N3O2. The van der Waals surface area contributed by atoms with E-state index in [4.69, 9.17) is 0 Å². The second-order valence-corrected chi connectivity index (χ2v) is 8.14. The Morgan fingerprint density at radius 3 is 2.37 bits per heavy atom. The van der Waals surface area contributed by atoms with Crippen molar-refractivity contribution in [1.82, 2.24) is 10.2 Å². The van der Waals surface area contributed by atoms with Gasteiger partial charge in [0.1, 0.15) is 0 Å². The van der Waals surface area contributed by atoms with E-state index in [1.807, 2.05) is 25.2 Å². The van der Waals surface area contributed by atoms with E-state index in [1.165, 1.54) is 51.4 Å². The summed E-state index contributed by atoms with van der Waals surface area (Å²) in [5.41, 5.74) is 1.30. The van der Waals surface area contributed by atoms with Crippen LogP contribution >= 0.6 is 0 Å². The van der Waals surface area contributed by atoms with Gasteiger partial charge in [-0.15, -0.1) is 0 Å². The summed E-state index contributed by atoms with van der Waals surface area (Å²) in [6.45, 7) is 0.392. The SMILES string of the molecule is CN(CC(=O)Nc1cccc(C(=O)NC2CCCCC2)c1)C1CCCCC1. The summed E-state index contributed by atoms with van der Waals surface area (Å²) in [6.07, 6.45) is 12.0. The highest BCUT2D eigenvalue weighted by Gasteiger charge is 2.20. The van der Waals surface area contributed by atoms with Crippen molar-refractivity contribution >= 4 is 17.5 Å². The van der Waals surface area contributed by atoms with E-state index in [9.17, 15) is 9.59 Å². The second-order valence-electron chi connectivity index (χ2n) is 8.14. The molecule has 148 valence electrons. The van der Waals surface area contributed by atoms with E-state index >= 15 is 0 Å². The van der Waals surface area contributed by atoms with Gasteiger partial charge in [-0.2, -0.15) is 0 Å². The maximum absolute atomic E-state index is 12.5. The topological polar surface area (TPSA) is 61.4 Å². The molecule has 2 aliphatic rings. The fraction of sp³-hybridized carbons (Fsp3) is 0.636. The molecule has 2 saturated carbocycles. The van der Waals surface area contributed by atoms with Crippen LogP contribution < -0.4 is 10.6 Å². The molecule has 27 heavy (non-hydrogen) atoms. The average Bonchev–Trinajstić information content (AvgIpc) is 2.69. The predicted octanol–water partition coefficient (Wildman–Crippen LogP) is 3.95. The van der Waals surface area contributed by atoms with Crippen molar-refractivity contribution in [2.24, 2.45) is 0 Å². The lowest BCUT2D eigenvalue weighted by Crippen LogP contribution is -2.39.